The van der Waals surface area contributed by atoms with E-state index in [9.17, 15) is 13.6 Å². The highest BCUT2D eigenvalue weighted by Crippen LogP contribution is 2.35. The Hall–Kier alpha value is -3.44. The maximum Gasteiger partial charge on any atom is 0.261 e. The van der Waals surface area contributed by atoms with Crippen LogP contribution in [0, 0.1) is 0 Å². The fraction of sp³-hybridized carbons (Fsp3) is 0.440. The quantitative estimate of drug-likeness (QED) is 0.392. The van der Waals surface area contributed by atoms with Crippen LogP contribution in [0.15, 0.2) is 41.6 Å². The van der Waals surface area contributed by atoms with E-state index in [0.717, 1.165) is 56.1 Å². The highest BCUT2D eigenvalue weighted by atomic mass is 19.3. The monoisotopic (exact) mass is 495 g/mol. The SMILES string of the molecule is O=c1c2cc(-c3c(-c4ccn(CC(F)F)n4)nc4n3CCC4)ccc2ncn1CCN1CCOCC1. The molecule has 0 bridgehead atoms. The largest absolute Gasteiger partial charge is 0.379 e. The predicted molar refractivity (Wildman–Crippen MR) is 130 cm³/mol. The fourth-order valence-corrected chi connectivity index (χ4v) is 5.07. The number of benzene rings is 1. The number of alkyl halides is 2. The molecular weight excluding hydrogens is 468 g/mol. The summed E-state index contributed by atoms with van der Waals surface area (Å²) < 4.78 is 36.2. The molecule has 4 aromatic rings. The Morgan fingerprint density at radius 2 is 1.94 bits per heavy atom. The van der Waals surface area contributed by atoms with Crippen LogP contribution in [0.25, 0.3) is 33.5 Å². The predicted octanol–water partition coefficient (Wildman–Crippen LogP) is 2.67. The molecule has 188 valence electrons. The van der Waals surface area contributed by atoms with Gasteiger partial charge >= 0.3 is 0 Å². The average molecular weight is 496 g/mol. The minimum atomic E-state index is -2.48. The maximum atomic E-state index is 13.4. The van der Waals surface area contributed by atoms with Gasteiger partial charge < -0.3 is 9.30 Å². The van der Waals surface area contributed by atoms with E-state index in [0.29, 0.717) is 42.0 Å². The van der Waals surface area contributed by atoms with Crippen molar-refractivity contribution in [3.8, 4) is 22.6 Å². The van der Waals surface area contributed by atoms with E-state index >= 15 is 0 Å². The number of imidazole rings is 1. The first-order chi connectivity index (χ1) is 17.6. The molecule has 0 unspecified atom stereocenters. The van der Waals surface area contributed by atoms with Crippen LogP contribution in [0.3, 0.4) is 0 Å². The number of aromatic nitrogens is 6. The molecule has 0 amide bonds. The van der Waals surface area contributed by atoms with Crippen molar-refractivity contribution in [2.45, 2.75) is 38.9 Å². The number of ether oxygens (including phenoxy) is 1. The van der Waals surface area contributed by atoms with Crippen LogP contribution in [0.5, 0.6) is 0 Å². The minimum absolute atomic E-state index is 0.0842. The van der Waals surface area contributed by atoms with E-state index in [2.05, 4.69) is 19.5 Å². The van der Waals surface area contributed by atoms with Crippen molar-refractivity contribution < 1.29 is 13.5 Å². The molecule has 0 saturated carbocycles. The molecule has 6 rings (SSSR count). The second-order valence-electron chi connectivity index (χ2n) is 9.22. The summed E-state index contributed by atoms with van der Waals surface area (Å²) in [5.41, 5.74) is 3.44. The summed E-state index contributed by atoms with van der Waals surface area (Å²) in [5, 5.41) is 4.89. The molecule has 9 nitrogen and oxygen atoms in total. The van der Waals surface area contributed by atoms with Crippen molar-refractivity contribution in [2.24, 2.45) is 0 Å². The molecule has 0 radical (unpaired) electrons. The van der Waals surface area contributed by atoms with Gasteiger partial charge in [-0.15, -0.1) is 0 Å². The van der Waals surface area contributed by atoms with Crippen molar-refractivity contribution in [1.82, 2.24) is 33.8 Å². The second-order valence-corrected chi connectivity index (χ2v) is 9.22. The van der Waals surface area contributed by atoms with E-state index in [1.807, 2.05) is 18.2 Å². The lowest BCUT2D eigenvalue weighted by atomic mass is 10.1. The highest BCUT2D eigenvalue weighted by Gasteiger charge is 2.25. The van der Waals surface area contributed by atoms with Crippen molar-refractivity contribution in [3.63, 3.8) is 0 Å². The molecule has 0 aliphatic carbocycles. The van der Waals surface area contributed by atoms with Crippen LogP contribution >= 0.6 is 0 Å². The summed E-state index contributed by atoms with van der Waals surface area (Å²) in [6.45, 7) is 4.82. The Morgan fingerprint density at radius 3 is 2.78 bits per heavy atom. The molecule has 1 aromatic carbocycles. The first kappa shape index (κ1) is 23.0. The molecule has 5 heterocycles. The first-order valence-corrected chi connectivity index (χ1v) is 12.3. The van der Waals surface area contributed by atoms with Gasteiger partial charge in [0, 0.05) is 50.9 Å². The van der Waals surface area contributed by atoms with Crippen LogP contribution in [0.4, 0.5) is 8.78 Å². The molecule has 36 heavy (non-hydrogen) atoms. The smallest absolute Gasteiger partial charge is 0.261 e. The van der Waals surface area contributed by atoms with Gasteiger partial charge in [-0.3, -0.25) is 18.9 Å². The number of hydrogen-bond donors (Lipinski definition) is 0. The average Bonchev–Trinajstić information content (AvgIpc) is 3.60. The number of nitrogens with zero attached hydrogens (tertiary/aromatic N) is 7. The Labute approximate surface area is 205 Å². The Bertz CT molecular complexity index is 1450. The van der Waals surface area contributed by atoms with Gasteiger partial charge in [-0.2, -0.15) is 5.10 Å². The summed E-state index contributed by atoms with van der Waals surface area (Å²) in [6, 6.07) is 7.38. The lowest BCUT2D eigenvalue weighted by molar-refractivity contribution is 0.0362. The van der Waals surface area contributed by atoms with Crippen molar-refractivity contribution in [3.05, 3.63) is 53.0 Å². The standard InChI is InChI=1S/C25H27F2N7O2/c26-21(27)15-33-7-5-20(30-33)23-24(34-6-1-2-22(34)29-23)17-3-4-19-18(14-17)25(35)32(16-28-19)9-8-31-10-12-36-13-11-31/h3-5,7,14,16,21H,1-2,6,8-13,15H2. The van der Waals surface area contributed by atoms with E-state index in [-0.39, 0.29) is 5.56 Å². The molecule has 11 heteroatoms. The third kappa shape index (κ3) is 4.33. The molecule has 1 saturated heterocycles. The summed E-state index contributed by atoms with van der Waals surface area (Å²) in [6.07, 6.45) is 2.51. The van der Waals surface area contributed by atoms with Gasteiger partial charge in [-0.1, -0.05) is 6.07 Å². The number of hydrogen-bond acceptors (Lipinski definition) is 6. The lowest BCUT2D eigenvalue weighted by Gasteiger charge is -2.26. The molecular formula is C25H27F2N7O2. The molecule has 3 aromatic heterocycles. The van der Waals surface area contributed by atoms with Gasteiger partial charge in [0.05, 0.1) is 36.1 Å². The highest BCUT2D eigenvalue weighted by molar-refractivity contribution is 5.86. The van der Waals surface area contributed by atoms with Crippen LogP contribution < -0.4 is 5.56 Å². The van der Waals surface area contributed by atoms with E-state index in [1.54, 1.807) is 23.2 Å². The molecule has 0 spiro atoms. The van der Waals surface area contributed by atoms with Crippen LogP contribution in [-0.2, 0) is 30.8 Å². The van der Waals surface area contributed by atoms with E-state index in [1.165, 1.54) is 4.68 Å². The number of halogens is 2. The minimum Gasteiger partial charge on any atom is -0.379 e. The van der Waals surface area contributed by atoms with Gasteiger partial charge in [0.25, 0.3) is 12.0 Å². The Kier molecular flexibility index (Phi) is 6.10. The molecule has 2 aliphatic rings. The van der Waals surface area contributed by atoms with Gasteiger partial charge in [-0.25, -0.2) is 18.7 Å². The van der Waals surface area contributed by atoms with Crippen molar-refractivity contribution >= 4 is 10.9 Å². The normalized spacial score (nSPS) is 16.3. The zero-order chi connectivity index (χ0) is 24.6. The van der Waals surface area contributed by atoms with Crippen molar-refractivity contribution in [1.29, 1.82) is 0 Å². The zero-order valence-corrected chi connectivity index (χ0v) is 19.8. The van der Waals surface area contributed by atoms with E-state index in [4.69, 9.17) is 9.72 Å². The number of morpholine rings is 1. The number of fused-ring (bicyclic) bond motifs is 2. The number of rotatable bonds is 7. The van der Waals surface area contributed by atoms with Crippen LogP contribution in [0.2, 0.25) is 0 Å². The second kappa shape index (κ2) is 9.55. The van der Waals surface area contributed by atoms with Crippen LogP contribution in [-0.4, -0.2) is 73.1 Å². The summed E-state index contributed by atoms with van der Waals surface area (Å²) in [7, 11) is 0. The molecule has 0 atom stereocenters. The summed E-state index contributed by atoms with van der Waals surface area (Å²) in [5.74, 6) is 0.942. The third-order valence-corrected chi connectivity index (χ3v) is 6.90. The van der Waals surface area contributed by atoms with Gasteiger partial charge in [0.15, 0.2) is 0 Å². The topological polar surface area (TPSA) is 83.0 Å². The van der Waals surface area contributed by atoms with E-state index < -0.39 is 13.0 Å². The maximum absolute atomic E-state index is 13.4. The molecule has 2 aliphatic heterocycles. The molecule has 0 N–H and O–H groups in total. The third-order valence-electron chi connectivity index (χ3n) is 6.90. The van der Waals surface area contributed by atoms with Crippen molar-refractivity contribution in [2.75, 3.05) is 32.8 Å². The van der Waals surface area contributed by atoms with Gasteiger partial charge in [0.1, 0.15) is 23.8 Å². The fourth-order valence-electron chi connectivity index (χ4n) is 5.07. The Morgan fingerprint density at radius 1 is 1.08 bits per heavy atom. The molecule has 1 fully saturated rings. The van der Waals surface area contributed by atoms with Gasteiger partial charge in [0.2, 0.25) is 0 Å². The number of aryl methyl sites for hydroxylation is 1. The van der Waals surface area contributed by atoms with Gasteiger partial charge in [-0.05, 0) is 24.6 Å². The zero-order valence-electron chi connectivity index (χ0n) is 19.8. The van der Waals surface area contributed by atoms with Crippen LogP contribution in [0.1, 0.15) is 12.2 Å². The first-order valence-electron chi connectivity index (χ1n) is 12.3. The summed E-state index contributed by atoms with van der Waals surface area (Å²) in [4.78, 5) is 25.0. The lowest BCUT2D eigenvalue weighted by Crippen LogP contribution is -2.39. The Balaban J connectivity index is 1.37. The summed E-state index contributed by atoms with van der Waals surface area (Å²) >= 11 is 0.